The zero-order chi connectivity index (χ0) is 19.0. The molecule has 0 unspecified atom stereocenters. The number of nitrogens with zero attached hydrogens (tertiary/aromatic N) is 3. The Balaban J connectivity index is 1.79. The van der Waals surface area contributed by atoms with E-state index in [2.05, 4.69) is 0 Å². The minimum Gasteiger partial charge on any atom is -0.490 e. The topological polar surface area (TPSA) is 104 Å². The van der Waals surface area contributed by atoms with Gasteiger partial charge in [0.25, 0.3) is 5.85 Å². The molecule has 1 aromatic rings. The molecule has 3 aliphatic rings. The number of ether oxygens (including phenoxy) is 4. The third-order valence-electron chi connectivity index (χ3n) is 5.15. The van der Waals surface area contributed by atoms with Gasteiger partial charge in [0.15, 0.2) is 0 Å². The number of hydrogen-bond acceptors (Lipinski definition) is 9. The first-order chi connectivity index (χ1) is 13.1. The van der Waals surface area contributed by atoms with Crippen molar-refractivity contribution in [1.82, 2.24) is 9.80 Å². The molecule has 2 saturated heterocycles. The third-order valence-corrected chi connectivity index (χ3v) is 5.15. The summed E-state index contributed by atoms with van der Waals surface area (Å²) in [7, 11) is 1.35. The second kappa shape index (κ2) is 7.04. The lowest BCUT2D eigenvalue weighted by molar-refractivity contribution is -0.385. The van der Waals surface area contributed by atoms with Crippen LogP contribution in [0.2, 0.25) is 0 Å². The van der Waals surface area contributed by atoms with Gasteiger partial charge in [0.1, 0.15) is 5.75 Å². The van der Waals surface area contributed by atoms with E-state index < -0.39 is 10.8 Å². The summed E-state index contributed by atoms with van der Waals surface area (Å²) < 4.78 is 22.2. The molecule has 0 radical (unpaired) electrons. The van der Waals surface area contributed by atoms with Crippen LogP contribution in [0, 0.1) is 10.1 Å². The van der Waals surface area contributed by atoms with E-state index >= 15 is 0 Å². The summed E-state index contributed by atoms with van der Waals surface area (Å²) in [6.07, 6.45) is 0. The largest absolute Gasteiger partial charge is 0.490 e. The van der Waals surface area contributed by atoms with Crippen LogP contribution in [0.25, 0.3) is 0 Å². The van der Waals surface area contributed by atoms with Gasteiger partial charge in [-0.25, -0.2) is 9.80 Å². The molecule has 0 amide bonds. The van der Waals surface area contributed by atoms with Gasteiger partial charge in [-0.05, 0) is 0 Å². The molecule has 0 bridgehead atoms. The average molecular weight is 379 g/mol. The summed E-state index contributed by atoms with van der Waals surface area (Å²) in [6.45, 7) is 4.05. The van der Waals surface area contributed by atoms with Crippen LogP contribution in [0.15, 0.2) is 12.1 Å². The Morgan fingerprint density at radius 3 is 2.11 bits per heavy atom. The normalized spacial score (nSPS) is 22.9. The second-order valence-electron chi connectivity index (χ2n) is 6.52. The quantitative estimate of drug-likeness (QED) is 0.546. The van der Waals surface area contributed by atoms with Crippen molar-refractivity contribution in [2.75, 3.05) is 59.7 Å². The fraction of sp³-hybridized carbons (Fsp3) is 0.588. The lowest BCUT2D eigenvalue weighted by Crippen LogP contribution is -2.70. The fourth-order valence-electron chi connectivity index (χ4n) is 3.84. The van der Waals surface area contributed by atoms with E-state index in [4.69, 9.17) is 18.9 Å². The Morgan fingerprint density at radius 2 is 1.63 bits per heavy atom. The van der Waals surface area contributed by atoms with Gasteiger partial charge >= 0.3 is 5.69 Å². The number of hydrogen-bond donors (Lipinski definition) is 0. The molecule has 0 aliphatic carbocycles. The molecule has 2 fully saturated rings. The number of morpholine rings is 2. The molecule has 3 aliphatic heterocycles. The van der Waals surface area contributed by atoms with E-state index in [-0.39, 0.29) is 22.8 Å². The standard InChI is InChI=1S/C17H21N3O7/c1-24-15-11-14-12(10-13(15)20(22)23)16(21)17(27-14,18-2-6-25-7-3-18)19-4-8-26-9-5-19/h10-11H,2-9H2,1H3. The van der Waals surface area contributed by atoms with E-state index in [1.54, 1.807) is 0 Å². The molecule has 10 nitrogen and oxygen atoms in total. The molecule has 27 heavy (non-hydrogen) atoms. The highest BCUT2D eigenvalue weighted by Crippen LogP contribution is 2.44. The first kappa shape index (κ1) is 18.1. The Kier molecular flexibility index (Phi) is 4.72. The zero-order valence-electron chi connectivity index (χ0n) is 15.0. The van der Waals surface area contributed by atoms with Crippen molar-refractivity contribution in [3.05, 3.63) is 27.8 Å². The van der Waals surface area contributed by atoms with Crippen molar-refractivity contribution in [3.63, 3.8) is 0 Å². The maximum absolute atomic E-state index is 13.5. The highest BCUT2D eigenvalue weighted by molar-refractivity contribution is 6.07. The van der Waals surface area contributed by atoms with Gasteiger partial charge < -0.3 is 18.9 Å². The number of ketones is 1. The molecule has 0 aromatic heterocycles. The zero-order valence-corrected chi connectivity index (χ0v) is 15.0. The number of Topliss-reactive ketones (excluding diaryl/α,β-unsaturated/α-hetero) is 1. The fourth-order valence-corrected chi connectivity index (χ4v) is 3.84. The first-order valence-electron chi connectivity index (χ1n) is 8.84. The summed E-state index contributed by atoms with van der Waals surface area (Å²) in [5.41, 5.74) is -0.0616. The van der Waals surface area contributed by atoms with Gasteiger partial charge in [0.2, 0.25) is 11.5 Å². The van der Waals surface area contributed by atoms with Gasteiger partial charge in [-0.15, -0.1) is 0 Å². The van der Waals surface area contributed by atoms with Gasteiger partial charge in [-0.3, -0.25) is 14.9 Å². The van der Waals surface area contributed by atoms with Crippen LogP contribution in [0.1, 0.15) is 10.4 Å². The predicted octanol–water partition coefficient (Wildman–Crippen LogP) is 0.497. The molecule has 10 heteroatoms. The first-order valence-corrected chi connectivity index (χ1v) is 8.84. The number of nitro benzene ring substituents is 1. The van der Waals surface area contributed by atoms with E-state index in [0.29, 0.717) is 58.4 Å². The summed E-state index contributed by atoms with van der Waals surface area (Å²) in [5.74, 6) is -1.28. The van der Waals surface area contributed by atoms with Gasteiger partial charge in [-0.2, -0.15) is 0 Å². The second-order valence-corrected chi connectivity index (χ2v) is 6.52. The number of benzene rings is 1. The predicted molar refractivity (Wildman–Crippen MR) is 92.1 cm³/mol. The molecule has 0 spiro atoms. The monoisotopic (exact) mass is 379 g/mol. The molecule has 0 saturated carbocycles. The van der Waals surface area contributed by atoms with Crippen LogP contribution < -0.4 is 9.47 Å². The van der Waals surface area contributed by atoms with Crippen molar-refractivity contribution in [3.8, 4) is 11.5 Å². The number of carbonyl (C=O) groups excluding carboxylic acids is 1. The molecule has 3 heterocycles. The highest BCUT2D eigenvalue weighted by atomic mass is 16.6. The maximum atomic E-state index is 13.5. The van der Waals surface area contributed by atoms with Crippen molar-refractivity contribution in [2.24, 2.45) is 0 Å². The van der Waals surface area contributed by atoms with Crippen molar-refractivity contribution >= 4 is 11.5 Å². The lowest BCUT2D eigenvalue weighted by Gasteiger charge is -2.48. The van der Waals surface area contributed by atoms with E-state index in [1.807, 2.05) is 9.80 Å². The van der Waals surface area contributed by atoms with E-state index in [0.717, 1.165) is 0 Å². The Morgan fingerprint density at radius 1 is 1.07 bits per heavy atom. The minimum atomic E-state index is -1.34. The van der Waals surface area contributed by atoms with E-state index in [9.17, 15) is 14.9 Å². The Labute approximate surface area is 155 Å². The van der Waals surface area contributed by atoms with Gasteiger partial charge in [0.05, 0.1) is 44.0 Å². The maximum Gasteiger partial charge on any atom is 0.311 e. The van der Waals surface area contributed by atoms with Crippen LogP contribution in [0.4, 0.5) is 5.69 Å². The third kappa shape index (κ3) is 2.85. The molecular weight excluding hydrogens is 358 g/mol. The Hall–Kier alpha value is -2.27. The number of fused-ring (bicyclic) bond motifs is 1. The molecule has 0 atom stereocenters. The van der Waals surface area contributed by atoms with Crippen LogP contribution in [0.5, 0.6) is 11.5 Å². The minimum absolute atomic E-state index is 0.0614. The molecular formula is C17H21N3O7. The number of nitro groups is 1. The molecule has 146 valence electrons. The lowest BCUT2D eigenvalue weighted by atomic mass is 10.0. The summed E-state index contributed by atoms with van der Waals surface area (Å²) in [6, 6.07) is 2.67. The summed E-state index contributed by atoms with van der Waals surface area (Å²) >= 11 is 0. The van der Waals surface area contributed by atoms with Crippen molar-refractivity contribution < 1.29 is 28.7 Å². The van der Waals surface area contributed by atoms with Crippen molar-refractivity contribution in [2.45, 2.75) is 5.85 Å². The average Bonchev–Trinajstić information content (AvgIpc) is 3.01. The van der Waals surface area contributed by atoms with Gasteiger partial charge in [-0.1, -0.05) is 0 Å². The number of rotatable bonds is 4. The van der Waals surface area contributed by atoms with Crippen LogP contribution in [-0.4, -0.2) is 86.1 Å². The molecule has 4 rings (SSSR count). The summed E-state index contributed by atoms with van der Waals surface area (Å²) in [5, 5.41) is 11.4. The molecule has 0 N–H and O–H groups in total. The van der Waals surface area contributed by atoms with Gasteiger partial charge in [0, 0.05) is 38.3 Å². The summed E-state index contributed by atoms with van der Waals surface area (Å²) in [4.78, 5) is 28.2. The van der Waals surface area contributed by atoms with Crippen LogP contribution >= 0.6 is 0 Å². The van der Waals surface area contributed by atoms with Crippen molar-refractivity contribution in [1.29, 1.82) is 0 Å². The highest BCUT2D eigenvalue weighted by Gasteiger charge is 2.58. The Bertz CT molecular complexity index is 739. The number of methoxy groups -OCH3 is 1. The smallest absolute Gasteiger partial charge is 0.311 e. The van der Waals surface area contributed by atoms with E-state index in [1.165, 1.54) is 19.2 Å². The van der Waals surface area contributed by atoms with Crippen LogP contribution in [-0.2, 0) is 9.47 Å². The SMILES string of the molecule is COc1cc2c(cc1[N+](=O)[O-])C(=O)C(N1CCOCC1)(N1CCOCC1)O2. The number of carbonyl (C=O) groups is 1. The molecule has 1 aromatic carbocycles. The van der Waals surface area contributed by atoms with Crippen LogP contribution in [0.3, 0.4) is 0 Å².